The highest BCUT2D eigenvalue weighted by Crippen LogP contribution is 1.93. The Hall–Kier alpha value is -1.96. The van der Waals surface area contributed by atoms with Crippen molar-refractivity contribution >= 4 is 12.0 Å². The van der Waals surface area contributed by atoms with Gasteiger partial charge in [-0.3, -0.25) is 10.1 Å². The summed E-state index contributed by atoms with van der Waals surface area (Å²) < 4.78 is 5.59. The standard InChI is InChI=1S/C8H13N5O3/c1-16-8(15)10-7(14)5-13-4-6(2-3-9)11-12-13/h4H,2-3,5,9H2,1H3,(H,10,14,15). The maximum Gasteiger partial charge on any atom is 0.413 e. The van der Waals surface area contributed by atoms with Gasteiger partial charge in [-0.15, -0.1) is 5.10 Å². The first kappa shape index (κ1) is 12.1. The van der Waals surface area contributed by atoms with Gasteiger partial charge in [-0.1, -0.05) is 5.21 Å². The minimum atomic E-state index is -0.799. The van der Waals surface area contributed by atoms with E-state index in [0.29, 0.717) is 18.7 Å². The van der Waals surface area contributed by atoms with Gasteiger partial charge in [-0.05, 0) is 6.54 Å². The lowest BCUT2D eigenvalue weighted by Crippen LogP contribution is -2.33. The van der Waals surface area contributed by atoms with E-state index in [1.54, 1.807) is 6.20 Å². The number of alkyl carbamates (subject to hydrolysis) is 1. The Kier molecular flexibility index (Phi) is 4.40. The number of hydrogen-bond donors (Lipinski definition) is 2. The molecule has 1 heterocycles. The Morgan fingerprint density at radius 1 is 1.62 bits per heavy atom. The predicted octanol–water partition coefficient (Wildman–Crippen LogP) is -1.34. The molecular weight excluding hydrogens is 214 g/mol. The van der Waals surface area contributed by atoms with Gasteiger partial charge in [0.2, 0.25) is 0 Å². The van der Waals surface area contributed by atoms with Gasteiger partial charge in [-0.25, -0.2) is 9.48 Å². The predicted molar refractivity (Wildman–Crippen MR) is 53.3 cm³/mol. The van der Waals surface area contributed by atoms with Crippen LogP contribution < -0.4 is 11.1 Å². The van der Waals surface area contributed by atoms with Gasteiger partial charge in [0.05, 0.1) is 12.8 Å². The summed E-state index contributed by atoms with van der Waals surface area (Å²) in [7, 11) is 1.18. The van der Waals surface area contributed by atoms with Crippen LogP contribution >= 0.6 is 0 Å². The Morgan fingerprint density at radius 3 is 3.00 bits per heavy atom. The lowest BCUT2D eigenvalue weighted by Gasteiger charge is -2.01. The summed E-state index contributed by atoms with van der Waals surface area (Å²) in [6.45, 7) is 0.375. The number of carbonyl (C=O) groups is 2. The van der Waals surface area contributed by atoms with Gasteiger partial charge in [0.1, 0.15) is 6.54 Å². The number of carbonyl (C=O) groups excluding carboxylic acids is 2. The Labute approximate surface area is 91.7 Å². The monoisotopic (exact) mass is 227 g/mol. The van der Waals surface area contributed by atoms with Crippen LogP contribution in [-0.4, -0.2) is 40.6 Å². The molecule has 0 radical (unpaired) electrons. The van der Waals surface area contributed by atoms with Crippen molar-refractivity contribution in [3.63, 3.8) is 0 Å². The molecular formula is C8H13N5O3. The molecule has 0 unspecified atom stereocenters. The molecule has 8 heteroatoms. The number of hydrogen-bond acceptors (Lipinski definition) is 6. The number of nitrogens with two attached hydrogens (primary N) is 1. The Bertz CT molecular complexity index is 376. The summed E-state index contributed by atoms with van der Waals surface area (Å²) >= 11 is 0. The van der Waals surface area contributed by atoms with E-state index in [9.17, 15) is 9.59 Å². The highest BCUT2D eigenvalue weighted by molar-refractivity contribution is 5.91. The molecule has 0 saturated heterocycles. The summed E-state index contributed by atoms with van der Waals surface area (Å²) in [4.78, 5) is 21.9. The van der Waals surface area contributed by atoms with Gasteiger partial charge in [0.15, 0.2) is 0 Å². The highest BCUT2D eigenvalue weighted by atomic mass is 16.5. The topological polar surface area (TPSA) is 112 Å². The third-order valence-electron chi connectivity index (χ3n) is 1.72. The number of nitrogens with one attached hydrogen (secondary N) is 1. The summed E-state index contributed by atoms with van der Waals surface area (Å²) in [5, 5.41) is 9.51. The molecule has 16 heavy (non-hydrogen) atoms. The molecule has 0 aromatic carbocycles. The Balaban J connectivity index is 2.46. The number of imide groups is 1. The molecule has 88 valence electrons. The quantitative estimate of drug-likeness (QED) is 0.658. The van der Waals surface area contributed by atoms with Crippen molar-refractivity contribution < 1.29 is 14.3 Å². The maximum absolute atomic E-state index is 11.2. The molecule has 0 bridgehead atoms. The van der Waals surface area contributed by atoms with Crippen LogP contribution in [0.3, 0.4) is 0 Å². The van der Waals surface area contributed by atoms with Crippen LogP contribution in [-0.2, 0) is 22.5 Å². The lowest BCUT2D eigenvalue weighted by molar-refractivity contribution is -0.121. The number of methoxy groups -OCH3 is 1. The minimum Gasteiger partial charge on any atom is -0.453 e. The molecule has 3 N–H and O–H groups in total. The SMILES string of the molecule is COC(=O)NC(=O)Cn1cc(CCN)nn1. The molecule has 2 amide bonds. The second-order valence-corrected chi connectivity index (χ2v) is 2.99. The fourth-order valence-electron chi connectivity index (χ4n) is 1.03. The van der Waals surface area contributed by atoms with Crippen LogP contribution in [0.2, 0.25) is 0 Å². The van der Waals surface area contributed by atoms with Crippen molar-refractivity contribution in [2.45, 2.75) is 13.0 Å². The molecule has 0 fully saturated rings. The third-order valence-corrected chi connectivity index (χ3v) is 1.72. The maximum atomic E-state index is 11.2. The lowest BCUT2D eigenvalue weighted by atomic mass is 10.3. The van der Waals surface area contributed by atoms with E-state index in [1.165, 1.54) is 11.8 Å². The van der Waals surface area contributed by atoms with Crippen molar-refractivity contribution in [3.05, 3.63) is 11.9 Å². The zero-order chi connectivity index (χ0) is 12.0. The third kappa shape index (κ3) is 3.65. The summed E-state index contributed by atoms with van der Waals surface area (Å²) in [6.07, 6.45) is 1.40. The van der Waals surface area contributed by atoms with E-state index >= 15 is 0 Å². The zero-order valence-corrected chi connectivity index (χ0v) is 8.84. The average molecular weight is 227 g/mol. The smallest absolute Gasteiger partial charge is 0.413 e. The van der Waals surface area contributed by atoms with Crippen molar-refractivity contribution in [3.8, 4) is 0 Å². The zero-order valence-electron chi connectivity index (χ0n) is 8.84. The van der Waals surface area contributed by atoms with Crippen LogP contribution in [0.15, 0.2) is 6.20 Å². The molecule has 8 nitrogen and oxygen atoms in total. The van der Waals surface area contributed by atoms with Gasteiger partial charge < -0.3 is 10.5 Å². The van der Waals surface area contributed by atoms with Crippen molar-refractivity contribution in [1.29, 1.82) is 0 Å². The largest absolute Gasteiger partial charge is 0.453 e. The fourth-order valence-corrected chi connectivity index (χ4v) is 1.03. The second kappa shape index (κ2) is 5.81. The number of ether oxygens (including phenoxy) is 1. The number of aromatic nitrogens is 3. The van der Waals surface area contributed by atoms with Crippen LogP contribution in [0.5, 0.6) is 0 Å². The molecule has 1 aromatic rings. The highest BCUT2D eigenvalue weighted by Gasteiger charge is 2.09. The molecule has 0 saturated carbocycles. The van der Waals surface area contributed by atoms with E-state index < -0.39 is 12.0 Å². The fraction of sp³-hybridized carbons (Fsp3) is 0.500. The average Bonchev–Trinajstić information content (AvgIpc) is 2.65. The molecule has 0 spiro atoms. The van der Waals surface area contributed by atoms with E-state index in [0.717, 1.165) is 0 Å². The molecule has 0 aliphatic rings. The normalized spacial score (nSPS) is 9.88. The van der Waals surface area contributed by atoms with Crippen molar-refractivity contribution in [2.75, 3.05) is 13.7 Å². The molecule has 0 aliphatic heterocycles. The van der Waals surface area contributed by atoms with Gasteiger partial charge in [-0.2, -0.15) is 0 Å². The number of rotatable bonds is 4. The molecule has 0 aliphatic carbocycles. The Morgan fingerprint density at radius 2 is 2.38 bits per heavy atom. The van der Waals surface area contributed by atoms with Crippen LogP contribution in [0, 0.1) is 0 Å². The van der Waals surface area contributed by atoms with E-state index in [-0.39, 0.29) is 6.54 Å². The van der Waals surface area contributed by atoms with Crippen molar-refractivity contribution in [2.24, 2.45) is 5.73 Å². The van der Waals surface area contributed by atoms with Crippen LogP contribution in [0.25, 0.3) is 0 Å². The molecule has 1 rings (SSSR count). The van der Waals surface area contributed by atoms with Gasteiger partial charge >= 0.3 is 6.09 Å². The first-order chi connectivity index (χ1) is 7.65. The van der Waals surface area contributed by atoms with Crippen LogP contribution in [0.4, 0.5) is 4.79 Å². The first-order valence-electron chi connectivity index (χ1n) is 4.62. The molecule has 1 aromatic heterocycles. The molecule has 0 atom stereocenters. The van der Waals surface area contributed by atoms with E-state index in [4.69, 9.17) is 5.73 Å². The summed E-state index contributed by atoms with van der Waals surface area (Å²) in [5.41, 5.74) is 6.04. The summed E-state index contributed by atoms with van der Waals surface area (Å²) in [5.74, 6) is -0.518. The summed E-state index contributed by atoms with van der Waals surface area (Å²) in [6, 6.07) is 0. The first-order valence-corrected chi connectivity index (χ1v) is 4.62. The number of amides is 2. The van der Waals surface area contributed by atoms with Gasteiger partial charge in [0.25, 0.3) is 5.91 Å². The van der Waals surface area contributed by atoms with E-state index in [1.807, 2.05) is 5.32 Å². The van der Waals surface area contributed by atoms with Crippen LogP contribution in [0.1, 0.15) is 5.69 Å². The second-order valence-electron chi connectivity index (χ2n) is 2.99. The van der Waals surface area contributed by atoms with E-state index in [2.05, 4.69) is 15.0 Å². The number of nitrogens with zero attached hydrogens (tertiary/aromatic N) is 3. The van der Waals surface area contributed by atoms with Crippen molar-refractivity contribution in [1.82, 2.24) is 20.3 Å². The van der Waals surface area contributed by atoms with Gasteiger partial charge in [0, 0.05) is 12.6 Å². The minimum absolute atomic E-state index is 0.0906.